The van der Waals surface area contributed by atoms with Gasteiger partial charge in [-0.25, -0.2) is 0 Å². The Hall–Kier alpha value is -2.89. The van der Waals surface area contributed by atoms with Crippen molar-refractivity contribution >= 4 is 17.3 Å². The molecule has 1 fully saturated rings. The highest BCUT2D eigenvalue weighted by Gasteiger charge is 2.44. The van der Waals surface area contributed by atoms with E-state index in [2.05, 4.69) is 5.32 Å². The van der Waals surface area contributed by atoms with Gasteiger partial charge in [0, 0.05) is 5.92 Å². The van der Waals surface area contributed by atoms with Gasteiger partial charge >= 0.3 is 0 Å². The third kappa shape index (κ3) is 3.15. The zero-order chi connectivity index (χ0) is 16.4. The first kappa shape index (κ1) is 15.0. The molecule has 1 aliphatic carbocycles. The van der Waals surface area contributed by atoms with E-state index in [1.807, 2.05) is 30.3 Å². The van der Waals surface area contributed by atoms with Gasteiger partial charge in [-0.3, -0.25) is 14.9 Å². The van der Waals surface area contributed by atoms with Gasteiger partial charge in [0.1, 0.15) is 11.4 Å². The number of nitro groups is 1. The second-order valence-electron chi connectivity index (χ2n) is 5.49. The summed E-state index contributed by atoms with van der Waals surface area (Å²) in [6.45, 7) is 0. The van der Waals surface area contributed by atoms with E-state index in [0.717, 1.165) is 12.0 Å². The Labute approximate surface area is 133 Å². The standard InChI is InChI=1S/C17H16N2O4/c1-23-12-7-8-15(16(9-12)19(21)22)18-17(20)14-10-13(14)11-5-3-2-4-6-11/h2-9,13-14H,10H2,1H3,(H,18,20)/t13-,14+/m0/s1. The molecule has 2 aromatic rings. The first-order valence-electron chi connectivity index (χ1n) is 7.28. The molecule has 23 heavy (non-hydrogen) atoms. The number of nitro benzene ring substituents is 1. The van der Waals surface area contributed by atoms with E-state index in [9.17, 15) is 14.9 Å². The number of anilines is 1. The van der Waals surface area contributed by atoms with E-state index < -0.39 is 4.92 Å². The first-order chi connectivity index (χ1) is 11.1. The van der Waals surface area contributed by atoms with E-state index in [4.69, 9.17) is 4.74 Å². The van der Waals surface area contributed by atoms with Crippen LogP contribution in [0.4, 0.5) is 11.4 Å². The molecule has 0 spiro atoms. The van der Waals surface area contributed by atoms with Crippen molar-refractivity contribution in [3.05, 3.63) is 64.2 Å². The molecule has 1 N–H and O–H groups in total. The molecule has 0 heterocycles. The molecule has 0 aromatic heterocycles. The predicted molar refractivity (Wildman–Crippen MR) is 85.6 cm³/mol. The highest BCUT2D eigenvalue weighted by Crippen LogP contribution is 2.48. The van der Waals surface area contributed by atoms with Crippen LogP contribution in [0, 0.1) is 16.0 Å². The van der Waals surface area contributed by atoms with Gasteiger partial charge in [-0.2, -0.15) is 0 Å². The zero-order valence-corrected chi connectivity index (χ0v) is 12.6. The lowest BCUT2D eigenvalue weighted by molar-refractivity contribution is -0.384. The van der Waals surface area contributed by atoms with Crippen LogP contribution >= 0.6 is 0 Å². The van der Waals surface area contributed by atoms with Gasteiger partial charge in [0.05, 0.1) is 18.1 Å². The Morgan fingerprint density at radius 2 is 2.00 bits per heavy atom. The number of amides is 1. The van der Waals surface area contributed by atoms with Crippen LogP contribution in [-0.2, 0) is 4.79 Å². The summed E-state index contributed by atoms with van der Waals surface area (Å²) < 4.78 is 4.98. The lowest BCUT2D eigenvalue weighted by atomic mass is 10.1. The summed E-state index contributed by atoms with van der Waals surface area (Å²) in [6.07, 6.45) is 0.764. The Balaban J connectivity index is 1.73. The molecule has 1 amide bonds. The number of nitrogens with one attached hydrogen (secondary N) is 1. The number of methoxy groups -OCH3 is 1. The van der Waals surface area contributed by atoms with Crippen LogP contribution in [0.15, 0.2) is 48.5 Å². The zero-order valence-electron chi connectivity index (χ0n) is 12.6. The van der Waals surface area contributed by atoms with Gasteiger partial charge in [0.2, 0.25) is 5.91 Å². The second-order valence-corrected chi connectivity index (χ2v) is 5.49. The molecule has 0 saturated heterocycles. The molecule has 6 heteroatoms. The number of ether oxygens (including phenoxy) is 1. The highest BCUT2D eigenvalue weighted by molar-refractivity contribution is 5.97. The molecule has 0 bridgehead atoms. The van der Waals surface area contributed by atoms with Crippen molar-refractivity contribution < 1.29 is 14.5 Å². The Bertz CT molecular complexity index is 746. The number of hydrogen-bond donors (Lipinski definition) is 1. The lowest BCUT2D eigenvalue weighted by Crippen LogP contribution is -2.15. The normalized spacial score (nSPS) is 19.0. The summed E-state index contributed by atoms with van der Waals surface area (Å²) in [4.78, 5) is 22.9. The smallest absolute Gasteiger partial charge is 0.296 e. The van der Waals surface area contributed by atoms with Crippen molar-refractivity contribution in [1.82, 2.24) is 0 Å². The van der Waals surface area contributed by atoms with E-state index in [1.165, 1.54) is 19.2 Å². The molecular formula is C17H16N2O4. The van der Waals surface area contributed by atoms with Crippen molar-refractivity contribution in [3.63, 3.8) is 0 Å². The van der Waals surface area contributed by atoms with Crippen LogP contribution in [0.2, 0.25) is 0 Å². The fourth-order valence-electron chi connectivity index (χ4n) is 2.67. The monoisotopic (exact) mass is 312 g/mol. The fraction of sp³-hybridized carbons (Fsp3) is 0.235. The molecule has 2 atom stereocenters. The van der Waals surface area contributed by atoms with Gasteiger partial charge in [-0.15, -0.1) is 0 Å². The Morgan fingerprint density at radius 3 is 2.65 bits per heavy atom. The third-order valence-electron chi connectivity index (χ3n) is 4.01. The minimum atomic E-state index is -0.528. The van der Waals surface area contributed by atoms with Crippen LogP contribution in [0.1, 0.15) is 17.9 Å². The van der Waals surface area contributed by atoms with Crippen molar-refractivity contribution in [3.8, 4) is 5.75 Å². The number of hydrogen-bond acceptors (Lipinski definition) is 4. The largest absolute Gasteiger partial charge is 0.496 e. The van der Waals surface area contributed by atoms with Gasteiger partial charge in [-0.05, 0) is 30.0 Å². The van der Waals surface area contributed by atoms with Crippen LogP contribution < -0.4 is 10.1 Å². The third-order valence-corrected chi connectivity index (χ3v) is 4.01. The summed E-state index contributed by atoms with van der Waals surface area (Å²) in [5.41, 5.74) is 1.14. The van der Waals surface area contributed by atoms with Gasteiger partial charge in [0.15, 0.2) is 0 Å². The number of nitrogens with zero attached hydrogens (tertiary/aromatic N) is 1. The maximum Gasteiger partial charge on any atom is 0.296 e. The summed E-state index contributed by atoms with van der Waals surface area (Å²) in [5, 5.41) is 13.8. The molecule has 0 unspecified atom stereocenters. The maximum absolute atomic E-state index is 12.3. The van der Waals surface area contributed by atoms with E-state index in [1.54, 1.807) is 6.07 Å². The van der Waals surface area contributed by atoms with Crippen molar-refractivity contribution in [2.24, 2.45) is 5.92 Å². The SMILES string of the molecule is COc1ccc(NC(=O)[C@@H]2C[C@H]2c2ccccc2)c([N+](=O)[O-])c1. The Morgan fingerprint density at radius 1 is 1.26 bits per heavy atom. The molecule has 1 saturated carbocycles. The summed E-state index contributed by atoms with van der Waals surface area (Å²) >= 11 is 0. The van der Waals surface area contributed by atoms with Crippen molar-refractivity contribution in [1.29, 1.82) is 0 Å². The average Bonchev–Trinajstić information content (AvgIpc) is 3.36. The maximum atomic E-state index is 12.3. The molecule has 2 aromatic carbocycles. The summed E-state index contributed by atoms with van der Waals surface area (Å²) in [5.74, 6) is 0.239. The average molecular weight is 312 g/mol. The number of carbonyl (C=O) groups excluding carboxylic acids is 1. The Kier molecular flexibility index (Phi) is 3.97. The quantitative estimate of drug-likeness (QED) is 0.678. The number of benzene rings is 2. The molecule has 0 aliphatic heterocycles. The van der Waals surface area contributed by atoms with Gasteiger partial charge in [-0.1, -0.05) is 30.3 Å². The van der Waals surface area contributed by atoms with Crippen LogP contribution in [-0.4, -0.2) is 17.9 Å². The van der Waals surface area contributed by atoms with Gasteiger partial charge < -0.3 is 10.1 Å². The minimum Gasteiger partial charge on any atom is -0.496 e. The van der Waals surface area contributed by atoms with Crippen LogP contribution in [0.3, 0.4) is 0 Å². The number of carbonyl (C=O) groups is 1. The van der Waals surface area contributed by atoms with Gasteiger partial charge in [0.25, 0.3) is 5.69 Å². The van der Waals surface area contributed by atoms with E-state index in [-0.39, 0.29) is 29.1 Å². The molecule has 6 nitrogen and oxygen atoms in total. The topological polar surface area (TPSA) is 81.5 Å². The molecular weight excluding hydrogens is 296 g/mol. The number of rotatable bonds is 5. The van der Waals surface area contributed by atoms with Crippen molar-refractivity contribution in [2.45, 2.75) is 12.3 Å². The molecule has 3 rings (SSSR count). The van der Waals surface area contributed by atoms with E-state index in [0.29, 0.717) is 5.75 Å². The molecule has 118 valence electrons. The highest BCUT2D eigenvalue weighted by atomic mass is 16.6. The minimum absolute atomic E-state index is 0.140. The van der Waals surface area contributed by atoms with Crippen LogP contribution in [0.25, 0.3) is 0 Å². The predicted octanol–water partition coefficient (Wildman–Crippen LogP) is 3.35. The summed E-state index contributed by atoms with van der Waals surface area (Å²) in [6, 6.07) is 14.2. The summed E-state index contributed by atoms with van der Waals surface area (Å²) in [7, 11) is 1.44. The lowest BCUT2D eigenvalue weighted by Gasteiger charge is -2.07. The fourth-order valence-corrected chi connectivity index (χ4v) is 2.67. The van der Waals surface area contributed by atoms with Crippen molar-refractivity contribution in [2.75, 3.05) is 12.4 Å². The molecule has 1 aliphatic rings. The van der Waals surface area contributed by atoms with E-state index >= 15 is 0 Å². The van der Waals surface area contributed by atoms with Crippen LogP contribution in [0.5, 0.6) is 5.75 Å². The molecule has 0 radical (unpaired) electrons. The first-order valence-corrected chi connectivity index (χ1v) is 7.28. The second kappa shape index (κ2) is 6.08.